The van der Waals surface area contributed by atoms with Gasteiger partial charge in [0.2, 0.25) is 5.91 Å². The second-order valence-electron chi connectivity index (χ2n) is 16.1. The van der Waals surface area contributed by atoms with Crippen molar-refractivity contribution in [3.8, 4) is 6.07 Å². The molecule has 0 spiro atoms. The van der Waals surface area contributed by atoms with E-state index in [1.807, 2.05) is 62.4 Å². The Morgan fingerprint density at radius 3 is 2.59 bits per heavy atom. The van der Waals surface area contributed by atoms with E-state index in [9.17, 15) is 19.6 Å². The van der Waals surface area contributed by atoms with Crippen LogP contribution in [0.1, 0.15) is 89.4 Å². The molecule has 19 heteroatoms. The van der Waals surface area contributed by atoms with Crippen LogP contribution in [-0.2, 0) is 25.6 Å². The van der Waals surface area contributed by atoms with Crippen molar-refractivity contribution in [2.45, 2.75) is 71.8 Å². The molecule has 0 bridgehead atoms. The lowest BCUT2D eigenvalue weighted by Crippen LogP contribution is -2.37. The number of carbonyl (C=O) groups excluding carboxylic acids is 3. The molecule has 4 N–H and O–H groups in total. The number of thiazole rings is 1. The van der Waals surface area contributed by atoms with Crippen LogP contribution in [0.3, 0.4) is 0 Å². The van der Waals surface area contributed by atoms with Crippen LogP contribution in [0.2, 0.25) is 5.02 Å². The maximum absolute atomic E-state index is 13.0. The van der Waals surface area contributed by atoms with Crippen LogP contribution in [-0.4, -0.2) is 83.3 Å². The third-order valence-electron chi connectivity index (χ3n) is 10.9. The largest absolute Gasteiger partial charge is 0.394 e. The standard InChI is InChI=1S/C49H55BrClN11O5S/c1-4-8-40(59-47(64)37(30-52)28-38-11-6-13-42(50)58-38)36-16-14-34(15-17-36)10-7-20-55-67-26-25-66-24-21-53-45(63)27-35-18-22-62(23-19-35)44-29-43(56-33(3)57-44)60-49-54-31-41(68-49)48(65)61-46-32(2)9-5-12-39(46)51/h5-6,9,11-17,20,28-29,31,35,40H,4,7-8,10,18-19,21-27H2,1-3H3,(H,53,63)(H,59,64)(H,61,65)(H,54,56,57,60)/b37-28+,55-20+/t40-/m0/s1. The van der Waals surface area contributed by atoms with Crippen molar-refractivity contribution in [3.63, 3.8) is 0 Å². The number of carbonyl (C=O) groups is 3. The summed E-state index contributed by atoms with van der Waals surface area (Å²) < 4.78 is 6.24. The van der Waals surface area contributed by atoms with E-state index in [-0.39, 0.29) is 29.3 Å². The number of nitrogens with zero attached hydrogens (tertiary/aromatic N) is 7. The molecule has 3 amide bonds. The number of aryl methyl sites for hydroxylation is 3. The number of oxime groups is 1. The predicted molar refractivity (Wildman–Crippen MR) is 270 cm³/mol. The number of aromatic nitrogens is 4. The second kappa shape index (κ2) is 26.3. The number of benzene rings is 2. The Labute approximate surface area is 414 Å². The van der Waals surface area contributed by atoms with Crippen molar-refractivity contribution in [1.82, 2.24) is 30.6 Å². The van der Waals surface area contributed by atoms with Crippen LogP contribution >= 0.6 is 38.9 Å². The van der Waals surface area contributed by atoms with Gasteiger partial charge in [-0.15, -0.1) is 0 Å². The van der Waals surface area contributed by atoms with E-state index in [4.69, 9.17) is 21.2 Å². The third kappa shape index (κ3) is 15.9. The molecule has 356 valence electrons. The second-order valence-corrected chi connectivity index (χ2v) is 18.3. The van der Waals surface area contributed by atoms with Crippen LogP contribution in [0.5, 0.6) is 0 Å². The molecule has 0 radical (unpaired) electrons. The maximum Gasteiger partial charge on any atom is 0.267 e. The normalized spacial score (nSPS) is 13.5. The van der Waals surface area contributed by atoms with Gasteiger partial charge in [-0.2, -0.15) is 5.26 Å². The van der Waals surface area contributed by atoms with Gasteiger partial charge in [-0.05, 0) is 109 Å². The van der Waals surface area contributed by atoms with Crippen molar-refractivity contribution in [3.05, 3.63) is 121 Å². The number of anilines is 4. The van der Waals surface area contributed by atoms with Gasteiger partial charge in [0.05, 0.1) is 41.9 Å². The van der Waals surface area contributed by atoms with Crippen molar-refractivity contribution in [2.24, 2.45) is 11.1 Å². The summed E-state index contributed by atoms with van der Waals surface area (Å²) in [6.07, 6.45) is 9.93. The van der Waals surface area contributed by atoms with Crippen molar-refractivity contribution < 1.29 is 24.0 Å². The summed E-state index contributed by atoms with van der Waals surface area (Å²) in [6, 6.07) is 22.5. The van der Waals surface area contributed by atoms with Gasteiger partial charge in [0.1, 0.15) is 45.2 Å². The van der Waals surface area contributed by atoms with Crippen LogP contribution in [0.4, 0.5) is 22.5 Å². The lowest BCUT2D eigenvalue weighted by atomic mass is 9.93. The molecule has 0 aliphatic carbocycles. The Morgan fingerprint density at radius 2 is 1.84 bits per heavy atom. The monoisotopic (exact) mass is 1020 g/mol. The van der Waals surface area contributed by atoms with Gasteiger partial charge in [-0.25, -0.2) is 19.9 Å². The Balaban J connectivity index is 0.814. The number of ether oxygens (including phenoxy) is 1. The molecule has 2 aromatic carbocycles. The minimum absolute atomic E-state index is 0.00538. The van der Waals surface area contributed by atoms with Gasteiger partial charge in [-0.3, -0.25) is 14.4 Å². The Hall–Kier alpha value is -6.26. The Bertz CT molecular complexity index is 2580. The van der Waals surface area contributed by atoms with Gasteiger partial charge < -0.3 is 35.7 Å². The first kappa shape index (κ1) is 51.1. The number of pyridine rings is 1. The Kier molecular flexibility index (Phi) is 19.8. The molecule has 1 aliphatic heterocycles. The summed E-state index contributed by atoms with van der Waals surface area (Å²) >= 11 is 10.8. The molecule has 5 aromatic rings. The Morgan fingerprint density at radius 1 is 1.04 bits per heavy atom. The molecule has 0 unspecified atom stereocenters. The fraction of sp³-hybridized carbons (Fsp3) is 0.367. The molecule has 6 rings (SSSR count). The maximum atomic E-state index is 13.0. The number of nitriles is 1. The molecule has 4 heterocycles. The quantitative estimate of drug-likeness (QED) is 0.0121. The molecule has 68 heavy (non-hydrogen) atoms. The van der Waals surface area contributed by atoms with Crippen LogP contribution in [0, 0.1) is 31.1 Å². The van der Waals surface area contributed by atoms with E-state index >= 15 is 0 Å². The predicted octanol–water partition coefficient (Wildman–Crippen LogP) is 9.30. The van der Waals surface area contributed by atoms with E-state index in [1.165, 1.54) is 23.6 Å². The zero-order valence-corrected chi connectivity index (χ0v) is 41.4. The molecule has 1 aliphatic rings. The van der Waals surface area contributed by atoms with Crippen molar-refractivity contribution in [1.29, 1.82) is 5.26 Å². The molecule has 1 fully saturated rings. The van der Waals surface area contributed by atoms with E-state index in [1.54, 1.807) is 30.5 Å². The lowest BCUT2D eigenvalue weighted by Gasteiger charge is -2.32. The first-order valence-corrected chi connectivity index (χ1v) is 24.5. The van der Waals surface area contributed by atoms with Gasteiger partial charge in [0.25, 0.3) is 11.8 Å². The molecule has 1 saturated heterocycles. The summed E-state index contributed by atoms with van der Waals surface area (Å²) in [5.41, 5.74) is 4.04. The van der Waals surface area contributed by atoms with Crippen molar-refractivity contribution in [2.75, 3.05) is 55.0 Å². The summed E-state index contributed by atoms with van der Waals surface area (Å²) in [5.74, 6) is 1.51. The number of amides is 3. The summed E-state index contributed by atoms with van der Waals surface area (Å²) in [6.45, 7) is 8.72. The lowest BCUT2D eigenvalue weighted by molar-refractivity contribution is -0.122. The SMILES string of the molecule is CCC[C@H](NC(=O)/C(C#N)=C/c1cccc(Br)n1)c1ccc(CC/C=N/OCCOCCNC(=O)CC2CCN(c3cc(Nc4ncc(C(=O)Nc5c(C)cccc5Cl)s4)nc(C)n3)CC2)cc1. The van der Waals surface area contributed by atoms with Crippen LogP contribution < -0.4 is 26.2 Å². The summed E-state index contributed by atoms with van der Waals surface area (Å²) in [7, 11) is 0. The van der Waals surface area contributed by atoms with Gasteiger partial charge in [0.15, 0.2) is 5.13 Å². The number of para-hydroxylation sites is 1. The van der Waals surface area contributed by atoms with E-state index in [2.05, 4.69) is 74.1 Å². The molecule has 1 atom stereocenters. The summed E-state index contributed by atoms with van der Waals surface area (Å²) in [4.78, 5) is 64.5. The minimum Gasteiger partial charge on any atom is -0.394 e. The number of halogens is 2. The van der Waals surface area contributed by atoms with Crippen LogP contribution in [0.15, 0.2) is 88.3 Å². The summed E-state index contributed by atoms with van der Waals surface area (Å²) in [5, 5.41) is 26.8. The number of hydrogen-bond acceptors (Lipinski definition) is 14. The highest BCUT2D eigenvalue weighted by Gasteiger charge is 2.24. The van der Waals surface area contributed by atoms with Gasteiger partial charge in [0, 0.05) is 38.3 Å². The molecule has 0 saturated carbocycles. The number of hydrogen-bond donors (Lipinski definition) is 4. The van der Waals surface area contributed by atoms with Gasteiger partial charge in [-0.1, -0.05) is 83.9 Å². The van der Waals surface area contributed by atoms with E-state index in [0.29, 0.717) is 81.9 Å². The topological polar surface area (TPSA) is 209 Å². The zero-order chi connectivity index (χ0) is 48.3. The number of piperidine rings is 1. The molecular formula is C49H55BrClN11O5S. The highest BCUT2D eigenvalue weighted by molar-refractivity contribution is 9.10. The average molecular weight is 1030 g/mol. The molecule has 16 nitrogen and oxygen atoms in total. The third-order valence-corrected chi connectivity index (χ3v) is 12.6. The highest BCUT2D eigenvalue weighted by atomic mass is 79.9. The van der Waals surface area contributed by atoms with E-state index < -0.39 is 5.91 Å². The fourth-order valence-corrected chi connectivity index (χ4v) is 8.75. The van der Waals surface area contributed by atoms with Crippen LogP contribution in [0.25, 0.3) is 6.08 Å². The van der Waals surface area contributed by atoms with Crippen molar-refractivity contribution >= 4 is 91.3 Å². The highest BCUT2D eigenvalue weighted by Crippen LogP contribution is 2.30. The average Bonchev–Trinajstić information content (AvgIpc) is 3.79. The first-order chi connectivity index (χ1) is 33.0. The zero-order valence-electron chi connectivity index (χ0n) is 38.3. The van der Waals surface area contributed by atoms with Gasteiger partial charge >= 0.3 is 0 Å². The minimum atomic E-state index is -0.438. The first-order valence-electron chi connectivity index (χ1n) is 22.5. The number of nitrogens with one attached hydrogen (secondary N) is 4. The van der Waals surface area contributed by atoms with E-state index in [0.717, 1.165) is 67.7 Å². The molecule has 3 aromatic heterocycles. The fourth-order valence-electron chi connectivity index (χ4n) is 7.40. The molecular weight excluding hydrogens is 970 g/mol. The smallest absolute Gasteiger partial charge is 0.267 e. The number of rotatable bonds is 23.